The Bertz CT molecular complexity index is 722. The summed E-state index contributed by atoms with van der Waals surface area (Å²) < 4.78 is 26.4. The molecule has 0 aromatic heterocycles. The second-order valence-corrected chi connectivity index (χ2v) is 7.50. The second-order valence-electron chi connectivity index (χ2n) is 5.85. The van der Waals surface area contributed by atoms with Gasteiger partial charge in [0, 0.05) is 31.1 Å². The number of aliphatic imine (C=N–C) groups is 1. The summed E-state index contributed by atoms with van der Waals surface area (Å²) >= 11 is 0. The molecule has 25 heavy (non-hydrogen) atoms. The smallest absolute Gasteiger partial charge is 0.263 e. The number of sulfonamides is 1. The normalized spacial score (nSPS) is 17.3. The first kappa shape index (κ1) is 21.4. The molecule has 0 radical (unpaired) electrons. The van der Waals surface area contributed by atoms with Crippen LogP contribution >= 0.6 is 12.4 Å². The zero-order chi connectivity index (χ0) is 17.6. The molecule has 1 heterocycles. The van der Waals surface area contributed by atoms with E-state index in [4.69, 9.17) is 5.73 Å². The summed E-state index contributed by atoms with van der Waals surface area (Å²) in [6.07, 6.45) is 2.90. The van der Waals surface area contributed by atoms with E-state index in [-0.39, 0.29) is 29.3 Å². The molecule has 1 amide bonds. The van der Waals surface area contributed by atoms with Crippen LogP contribution in [0.1, 0.15) is 38.2 Å². The van der Waals surface area contributed by atoms with Crippen LogP contribution in [0.25, 0.3) is 0 Å². The number of nitrogens with two attached hydrogens (primary N) is 1. The van der Waals surface area contributed by atoms with E-state index in [2.05, 4.69) is 15.0 Å². The highest BCUT2D eigenvalue weighted by Gasteiger charge is 2.29. The number of hydrogen-bond acceptors (Lipinski definition) is 5. The molecule has 0 spiro atoms. The molecular weight excluding hydrogens is 364 g/mol. The van der Waals surface area contributed by atoms with E-state index >= 15 is 0 Å². The van der Waals surface area contributed by atoms with Gasteiger partial charge in [0.25, 0.3) is 10.0 Å². The van der Waals surface area contributed by atoms with Crippen LogP contribution in [0.4, 0.5) is 0 Å². The van der Waals surface area contributed by atoms with Crippen molar-refractivity contribution in [2.45, 2.75) is 43.5 Å². The van der Waals surface area contributed by atoms with Crippen LogP contribution in [0, 0.1) is 0 Å². The number of rotatable bonds is 8. The average molecular weight is 389 g/mol. The van der Waals surface area contributed by atoms with Crippen LogP contribution in [-0.4, -0.2) is 39.3 Å². The van der Waals surface area contributed by atoms with Gasteiger partial charge in [0.1, 0.15) is 5.84 Å². The van der Waals surface area contributed by atoms with Crippen LogP contribution in [0.15, 0.2) is 34.2 Å². The van der Waals surface area contributed by atoms with Crippen molar-refractivity contribution in [3.8, 4) is 0 Å². The number of nitrogens with zero attached hydrogens (tertiary/aromatic N) is 1. The Morgan fingerprint density at radius 3 is 2.72 bits per heavy atom. The third-order valence-electron chi connectivity index (χ3n) is 3.76. The molecular formula is C16H25ClN4O3S. The summed E-state index contributed by atoms with van der Waals surface area (Å²) in [6.45, 7) is 2.82. The van der Waals surface area contributed by atoms with Gasteiger partial charge in [0.05, 0.1) is 4.90 Å². The minimum atomic E-state index is -3.47. The predicted octanol–water partition coefficient (Wildman–Crippen LogP) is 1.17. The topological polar surface area (TPSA) is 114 Å². The third-order valence-corrected chi connectivity index (χ3v) is 5.15. The lowest BCUT2D eigenvalue weighted by Gasteiger charge is -2.10. The van der Waals surface area contributed by atoms with Crippen LogP contribution in [0.3, 0.4) is 0 Å². The Balaban J connectivity index is 0.00000312. The van der Waals surface area contributed by atoms with Gasteiger partial charge in [0.2, 0.25) is 5.91 Å². The van der Waals surface area contributed by atoms with Gasteiger partial charge in [-0.2, -0.15) is 0 Å². The van der Waals surface area contributed by atoms with Crippen molar-refractivity contribution in [2.75, 3.05) is 13.1 Å². The van der Waals surface area contributed by atoms with Gasteiger partial charge in [-0.05, 0) is 31.9 Å². The summed E-state index contributed by atoms with van der Waals surface area (Å²) in [5.41, 5.74) is 6.07. The quantitative estimate of drug-likeness (QED) is 0.580. The van der Waals surface area contributed by atoms with Gasteiger partial charge in [-0.1, -0.05) is 18.6 Å². The van der Waals surface area contributed by atoms with Gasteiger partial charge in [0.15, 0.2) is 0 Å². The molecule has 0 fully saturated rings. The van der Waals surface area contributed by atoms with Gasteiger partial charge in [-0.25, -0.2) is 8.42 Å². The van der Waals surface area contributed by atoms with Crippen molar-refractivity contribution >= 4 is 34.2 Å². The van der Waals surface area contributed by atoms with Crippen molar-refractivity contribution in [1.29, 1.82) is 0 Å². The molecule has 0 saturated heterocycles. The number of amides is 1. The van der Waals surface area contributed by atoms with E-state index in [1.54, 1.807) is 24.3 Å². The molecule has 0 bridgehead atoms. The molecule has 9 heteroatoms. The molecule has 2 rings (SSSR count). The van der Waals surface area contributed by atoms with Crippen molar-refractivity contribution < 1.29 is 13.2 Å². The Morgan fingerprint density at radius 1 is 1.28 bits per heavy atom. The number of halogens is 1. The van der Waals surface area contributed by atoms with Gasteiger partial charge in [-0.15, -0.1) is 12.4 Å². The third kappa shape index (κ3) is 5.98. The highest BCUT2D eigenvalue weighted by Crippen LogP contribution is 2.22. The molecule has 0 aliphatic carbocycles. The predicted molar refractivity (Wildman–Crippen MR) is 101 cm³/mol. The summed E-state index contributed by atoms with van der Waals surface area (Å²) in [4.78, 5) is 16.2. The standard InChI is InChI=1S/C16H24N4O3S.ClH/c1-12(11-17)19-15(21)9-3-2-6-10-18-16-13-7-4-5-8-14(13)24(22,23)20-16;/h4-5,7-8,12H,2-3,6,9-11,17H2,1H3,(H,18,20)(H,19,21);1H/t12-;/m0./s1. The minimum Gasteiger partial charge on any atom is -0.352 e. The number of fused-ring (bicyclic) bond motifs is 1. The summed E-state index contributed by atoms with van der Waals surface area (Å²) in [5, 5.41) is 2.82. The Labute approximate surface area is 154 Å². The van der Waals surface area contributed by atoms with Gasteiger partial charge < -0.3 is 11.1 Å². The molecule has 140 valence electrons. The number of nitrogens with one attached hydrogen (secondary N) is 2. The summed E-state index contributed by atoms with van der Waals surface area (Å²) in [6, 6.07) is 6.80. The van der Waals surface area contributed by atoms with Crippen molar-refractivity contribution in [1.82, 2.24) is 10.0 Å². The largest absolute Gasteiger partial charge is 0.352 e. The Hall–Kier alpha value is -1.64. The second kappa shape index (κ2) is 9.74. The molecule has 4 N–H and O–H groups in total. The molecule has 0 unspecified atom stereocenters. The fourth-order valence-corrected chi connectivity index (χ4v) is 3.67. The average Bonchev–Trinajstić information content (AvgIpc) is 2.82. The van der Waals surface area contributed by atoms with Crippen molar-refractivity contribution in [3.05, 3.63) is 29.8 Å². The van der Waals surface area contributed by atoms with E-state index in [0.29, 0.717) is 30.9 Å². The van der Waals surface area contributed by atoms with E-state index < -0.39 is 10.0 Å². The molecule has 0 saturated carbocycles. The maximum absolute atomic E-state index is 11.9. The SMILES string of the molecule is C[C@@H](CN)NC(=O)CCCCCN=C1NS(=O)(=O)c2ccccc21.Cl. The molecule has 1 atom stereocenters. The zero-order valence-electron chi connectivity index (χ0n) is 14.2. The fourth-order valence-electron chi connectivity index (χ4n) is 2.42. The molecule has 1 aliphatic rings. The summed E-state index contributed by atoms with van der Waals surface area (Å²) in [5.74, 6) is 0.414. The maximum Gasteiger partial charge on any atom is 0.263 e. The first-order chi connectivity index (χ1) is 11.4. The van der Waals surface area contributed by atoms with Gasteiger partial charge in [-0.3, -0.25) is 14.5 Å². The number of carbonyl (C=O) groups is 1. The van der Waals surface area contributed by atoms with Crippen LogP contribution in [0.2, 0.25) is 0 Å². The molecule has 7 nitrogen and oxygen atoms in total. The van der Waals surface area contributed by atoms with Crippen LogP contribution in [-0.2, 0) is 14.8 Å². The lowest BCUT2D eigenvalue weighted by atomic mass is 10.1. The fraction of sp³-hybridized carbons (Fsp3) is 0.500. The van der Waals surface area contributed by atoms with E-state index in [1.807, 2.05) is 6.92 Å². The zero-order valence-corrected chi connectivity index (χ0v) is 15.8. The van der Waals surface area contributed by atoms with Crippen molar-refractivity contribution in [3.63, 3.8) is 0 Å². The van der Waals surface area contributed by atoms with Crippen LogP contribution < -0.4 is 15.8 Å². The Kier molecular flexibility index (Phi) is 8.34. The number of benzene rings is 1. The maximum atomic E-state index is 11.9. The first-order valence-corrected chi connectivity index (χ1v) is 9.58. The van der Waals surface area contributed by atoms with E-state index in [0.717, 1.165) is 19.3 Å². The van der Waals surface area contributed by atoms with Crippen LogP contribution in [0.5, 0.6) is 0 Å². The number of carbonyl (C=O) groups excluding carboxylic acids is 1. The summed E-state index contributed by atoms with van der Waals surface area (Å²) in [7, 11) is -3.47. The van der Waals surface area contributed by atoms with E-state index in [9.17, 15) is 13.2 Å². The number of unbranched alkanes of at least 4 members (excludes halogenated alkanes) is 2. The first-order valence-electron chi connectivity index (χ1n) is 8.10. The number of hydrogen-bond donors (Lipinski definition) is 3. The highest BCUT2D eigenvalue weighted by atomic mass is 35.5. The lowest BCUT2D eigenvalue weighted by molar-refractivity contribution is -0.121. The van der Waals surface area contributed by atoms with E-state index in [1.165, 1.54) is 0 Å². The molecule has 1 aromatic rings. The van der Waals surface area contributed by atoms with Crippen molar-refractivity contribution in [2.24, 2.45) is 10.7 Å². The number of amidine groups is 1. The monoisotopic (exact) mass is 388 g/mol. The Morgan fingerprint density at radius 2 is 2.00 bits per heavy atom. The highest BCUT2D eigenvalue weighted by molar-refractivity contribution is 7.90. The molecule has 1 aliphatic heterocycles. The lowest BCUT2D eigenvalue weighted by Crippen LogP contribution is -2.37. The minimum absolute atomic E-state index is 0. The molecule has 1 aromatic carbocycles. The van der Waals surface area contributed by atoms with Gasteiger partial charge >= 0.3 is 0 Å².